The van der Waals surface area contributed by atoms with Crippen molar-refractivity contribution >= 4 is 11.9 Å². The predicted molar refractivity (Wildman–Crippen MR) is 91.8 cm³/mol. The monoisotopic (exact) mass is 363 g/mol. The van der Waals surface area contributed by atoms with Gasteiger partial charge < -0.3 is 14.9 Å². The number of hydrogen-bond donors (Lipinski definition) is 2. The molecule has 26 heavy (non-hydrogen) atoms. The standard InChI is InChI=1S/C18H22FN3O4/c1-4-10(2)16(18(24)25)20-14(23)7-8-15-21-17(22-26-15)12-5-6-13(19)11(3)9-12/h5-6,9-10,16H,4,7-8H2,1-3H3,(H,20,23)(H,24,25)/t10-,16-/m0/s1. The van der Waals surface area contributed by atoms with E-state index in [2.05, 4.69) is 15.5 Å². The molecule has 0 aliphatic heterocycles. The number of nitrogens with one attached hydrogen (secondary N) is 1. The zero-order chi connectivity index (χ0) is 19.3. The molecular weight excluding hydrogens is 341 g/mol. The molecule has 2 atom stereocenters. The van der Waals surface area contributed by atoms with Crippen molar-refractivity contribution in [3.63, 3.8) is 0 Å². The number of hydrogen-bond acceptors (Lipinski definition) is 5. The van der Waals surface area contributed by atoms with Crippen LogP contribution in [0.2, 0.25) is 0 Å². The Bertz CT molecular complexity index is 790. The quantitative estimate of drug-likeness (QED) is 0.747. The molecule has 1 aromatic carbocycles. The van der Waals surface area contributed by atoms with Gasteiger partial charge in [0.2, 0.25) is 17.6 Å². The van der Waals surface area contributed by atoms with Crippen molar-refractivity contribution in [1.82, 2.24) is 15.5 Å². The summed E-state index contributed by atoms with van der Waals surface area (Å²) in [4.78, 5) is 27.4. The van der Waals surface area contributed by atoms with Crippen LogP contribution in [0.4, 0.5) is 4.39 Å². The summed E-state index contributed by atoms with van der Waals surface area (Å²) in [7, 11) is 0. The Labute approximate surface area is 150 Å². The first-order chi connectivity index (χ1) is 12.3. The molecule has 0 radical (unpaired) electrons. The third-order valence-corrected chi connectivity index (χ3v) is 4.25. The Morgan fingerprint density at radius 1 is 1.38 bits per heavy atom. The molecule has 2 aromatic rings. The molecule has 0 unspecified atom stereocenters. The van der Waals surface area contributed by atoms with Crippen LogP contribution in [0.25, 0.3) is 11.4 Å². The Balaban J connectivity index is 1.95. The zero-order valence-electron chi connectivity index (χ0n) is 15.0. The average molecular weight is 363 g/mol. The summed E-state index contributed by atoms with van der Waals surface area (Å²) < 4.78 is 18.4. The first-order valence-corrected chi connectivity index (χ1v) is 8.43. The minimum atomic E-state index is -1.06. The number of carbonyl (C=O) groups is 2. The molecule has 0 bridgehead atoms. The van der Waals surface area contributed by atoms with E-state index in [1.807, 2.05) is 6.92 Å². The number of carboxylic acids is 1. The van der Waals surface area contributed by atoms with Gasteiger partial charge in [0.25, 0.3) is 0 Å². The summed E-state index contributed by atoms with van der Waals surface area (Å²) in [5, 5.41) is 15.5. The summed E-state index contributed by atoms with van der Waals surface area (Å²) in [6, 6.07) is 3.57. The molecule has 0 fully saturated rings. The number of rotatable bonds is 8. The van der Waals surface area contributed by atoms with Gasteiger partial charge in [0.05, 0.1) is 0 Å². The van der Waals surface area contributed by atoms with Crippen molar-refractivity contribution in [3.8, 4) is 11.4 Å². The number of aliphatic carboxylic acids is 1. The summed E-state index contributed by atoms with van der Waals surface area (Å²) in [5.74, 6) is -1.37. The molecule has 2 N–H and O–H groups in total. The molecule has 1 amide bonds. The highest BCUT2D eigenvalue weighted by Gasteiger charge is 2.25. The molecule has 1 aromatic heterocycles. The molecule has 0 aliphatic carbocycles. The molecular formula is C18H22FN3O4. The van der Waals surface area contributed by atoms with E-state index >= 15 is 0 Å². The van der Waals surface area contributed by atoms with Crippen LogP contribution in [0, 0.1) is 18.7 Å². The highest BCUT2D eigenvalue weighted by Crippen LogP contribution is 2.19. The van der Waals surface area contributed by atoms with Gasteiger partial charge in [-0.1, -0.05) is 25.4 Å². The predicted octanol–water partition coefficient (Wildman–Crippen LogP) is 2.73. The Hall–Kier alpha value is -2.77. The van der Waals surface area contributed by atoms with E-state index in [-0.39, 0.29) is 30.5 Å². The normalized spacial score (nSPS) is 13.2. The third-order valence-electron chi connectivity index (χ3n) is 4.25. The summed E-state index contributed by atoms with van der Waals surface area (Å²) in [6.45, 7) is 5.28. The van der Waals surface area contributed by atoms with Gasteiger partial charge in [-0.15, -0.1) is 0 Å². The lowest BCUT2D eigenvalue weighted by molar-refractivity contribution is -0.143. The maximum Gasteiger partial charge on any atom is 0.326 e. The van der Waals surface area contributed by atoms with Crippen molar-refractivity contribution in [2.75, 3.05) is 0 Å². The SMILES string of the molecule is CC[C@H](C)[C@H](NC(=O)CCc1nc(-c2ccc(F)c(C)c2)no1)C(=O)O. The molecule has 140 valence electrons. The van der Waals surface area contributed by atoms with Crippen LogP contribution in [0.3, 0.4) is 0 Å². The second kappa shape index (κ2) is 8.55. The van der Waals surface area contributed by atoms with E-state index in [9.17, 15) is 19.1 Å². The number of aryl methyl sites for hydroxylation is 2. The fraction of sp³-hybridized carbons (Fsp3) is 0.444. The van der Waals surface area contributed by atoms with Crippen molar-refractivity contribution in [2.24, 2.45) is 5.92 Å². The molecule has 8 heteroatoms. The van der Waals surface area contributed by atoms with E-state index in [0.29, 0.717) is 23.4 Å². The molecule has 0 aliphatic rings. The van der Waals surface area contributed by atoms with Crippen LogP contribution in [0.5, 0.6) is 0 Å². The Kier molecular flexibility index (Phi) is 6.43. The van der Waals surface area contributed by atoms with Crippen molar-refractivity contribution in [2.45, 2.75) is 46.1 Å². The van der Waals surface area contributed by atoms with Crippen LogP contribution >= 0.6 is 0 Å². The van der Waals surface area contributed by atoms with Crippen LogP contribution in [-0.4, -0.2) is 33.2 Å². The molecule has 0 spiro atoms. The van der Waals surface area contributed by atoms with Crippen molar-refractivity contribution < 1.29 is 23.6 Å². The fourth-order valence-corrected chi connectivity index (χ4v) is 2.41. The minimum absolute atomic E-state index is 0.0320. The lowest BCUT2D eigenvalue weighted by atomic mass is 9.99. The number of benzene rings is 1. The number of amides is 1. The molecule has 0 saturated carbocycles. The number of carboxylic acid groups (broad SMARTS) is 1. The summed E-state index contributed by atoms with van der Waals surface area (Å²) >= 11 is 0. The zero-order valence-corrected chi connectivity index (χ0v) is 15.0. The number of nitrogens with zero attached hydrogens (tertiary/aromatic N) is 2. The van der Waals surface area contributed by atoms with E-state index in [4.69, 9.17) is 4.52 Å². The number of aromatic nitrogens is 2. The van der Waals surface area contributed by atoms with Gasteiger partial charge in [-0.25, -0.2) is 9.18 Å². The second-order valence-electron chi connectivity index (χ2n) is 6.24. The average Bonchev–Trinajstić information content (AvgIpc) is 3.08. The topological polar surface area (TPSA) is 105 Å². The highest BCUT2D eigenvalue weighted by molar-refractivity contribution is 5.83. The van der Waals surface area contributed by atoms with Crippen LogP contribution in [0.15, 0.2) is 22.7 Å². The Morgan fingerprint density at radius 3 is 2.73 bits per heavy atom. The lowest BCUT2D eigenvalue weighted by Gasteiger charge is -2.19. The lowest BCUT2D eigenvalue weighted by Crippen LogP contribution is -2.45. The number of halogens is 1. The second-order valence-corrected chi connectivity index (χ2v) is 6.24. The van der Waals surface area contributed by atoms with Gasteiger partial charge in [0.15, 0.2) is 0 Å². The molecule has 7 nitrogen and oxygen atoms in total. The maximum atomic E-state index is 13.3. The smallest absolute Gasteiger partial charge is 0.326 e. The largest absolute Gasteiger partial charge is 0.480 e. The van der Waals surface area contributed by atoms with Gasteiger partial charge >= 0.3 is 5.97 Å². The first-order valence-electron chi connectivity index (χ1n) is 8.43. The van der Waals surface area contributed by atoms with Crippen LogP contribution in [-0.2, 0) is 16.0 Å². The van der Waals surface area contributed by atoms with E-state index in [1.165, 1.54) is 6.07 Å². The summed E-state index contributed by atoms with van der Waals surface area (Å²) in [6.07, 6.45) is 0.859. The maximum absolute atomic E-state index is 13.3. The van der Waals surface area contributed by atoms with E-state index < -0.39 is 17.9 Å². The van der Waals surface area contributed by atoms with Gasteiger partial charge in [-0.05, 0) is 36.6 Å². The van der Waals surface area contributed by atoms with E-state index in [1.54, 1.807) is 26.0 Å². The van der Waals surface area contributed by atoms with Gasteiger partial charge in [-0.2, -0.15) is 4.98 Å². The first kappa shape index (κ1) is 19.6. The Morgan fingerprint density at radius 2 is 2.12 bits per heavy atom. The van der Waals surface area contributed by atoms with E-state index in [0.717, 1.165) is 0 Å². The van der Waals surface area contributed by atoms with Crippen LogP contribution < -0.4 is 5.32 Å². The molecule has 1 heterocycles. The molecule has 0 saturated heterocycles. The van der Waals surface area contributed by atoms with Crippen LogP contribution in [0.1, 0.15) is 38.1 Å². The van der Waals surface area contributed by atoms with Crippen molar-refractivity contribution in [1.29, 1.82) is 0 Å². The molecule has 2 rings (SSSR count). The minimum Gasteiger partial charge on any atom is -0.480 e. The summed E-state index contributed by atoms with van der Waals surface area (Å²) in [5.41, 5.74) is 1.09. The fourth-order valence-electron chi connectivity index (χ4n) is 2.41. The highest BCUT2D eigenvalue weighted by atomic mass is 19.1. The van der Waals surface area contributed by atoms with Gasteiger partial charge in [-0.3, -0.25) is 4.79 Å². The van der Waals surface area contributed by atoms with Gasteiger partial charge in [0.1, 0.15) is 11.9 Å². The van der Waals surface area contributed by atoms with Gasteiger partial charge in [0, 0.05) is 18.4 Å². The number of carbonyl (C=O) groups excluding carboxylic acids is 1. The third kappa shape index (κ3) is 4.87. The van der Waals surface area contributed by atoms with Crippen molar-refractivity contribution in [3.05, 3.63) is 35.5 Å².